The van der Waals surface area contributed by atoms with Crippen LogP contribution in [-0.4, -0.2) is 25.1 Å². The summed E-state index contributed by atoms with van der Waals surface area (Å²) in [6, 6.07) is 12.2. The van der Waals surface area contributed by atoms with Crippen molar-refractivity contribution in [3.8, 4) is 5.75 Å². The molecule has 1 aromatic carbocycles. The van der Waals surface area contributed by atoms with Crippen molar-refractivity contribution >= 4 is 5.96 Å². The molecule has 0 aliphatic carbocycles. The topological polar surface area (TPSA) is 58.5 Å². The molecular weight excluding hydrogens is 288 g/mol. The Morgan fingerprint density at radius 1 is 1.13 bits per heavy atom. The maximum Gasteiger partial charge on any atom is 0.191 e. The molecule has 0 saturated carbocycles. The molecule has 1 heterocycles. The van der Waals surface area contributed by atoms with Crippen LogP contribution in [-0.2, 0) is 13.1 Å². The zero-order valence-corrected chi connectivity index (χ0v) is 14.2. The van der Waals surface area contributed by atoms with E-state index in [9.17, 15) is 0 Å². The SMILES string of the molecule is CN=C(NCc1cccc(C)n1)NCc1ccc(C)cc1OC. The minimum Gasteiger partial charge on any atom is -0.496 e. The molecule has 0 bridgehead atoms. The van der Waals surface area contributed by atoms with Gasteiger partial charge in [-0.15, -0.1) is 0 Å². The van der Waals surface area contributed by atoms with Gasteiger partial charge in [0.05, 0.1) is 19.3 Å². The summed E-state index contributed by atoms with van der Waals surface area (Å²) in [5.41, 5.74) is 4.27. The van der Waals surface area contributed by atoms with E-state index in [0.717, 1.165) is 28.7 Å². The fraction of sp³-hybridized carbons (Fsp3) is 0.333. The quantitative estimate of drug-likeness (QED) is 0.658. The highest BCUT2D eigenvalue weighted by atomic mass is 16.5. The van der Waals surface area contributed by atoms with Crippen LogP contribution >= 0.6 is 0 Å². The van der Waals surface area contributed by atoms with E-state index in [-0.39, 0.29) is 0 Å². The Kier molecular flexibility index (Phi) is 5.97. The molecule has 2 N–H and O–H groups in total. The fourth-order valence-corrected chi connectivity index (χ4v) is 2.27. The van der Waals surface area contributed by atoms with Crippen LogP contribution in [0.5, 0.6) is 5.75 Å². The van der Waals surface area contributed by atoms with Crippen LogP contribution < -0.4 is 15.4 Å². The fourth-order valence-electron chi connectivity index (χ4n) is 2.27. The third kappa shape index (κ3) is 4.98. The van der Waals surface area contributed by atoms with E-state index in [2.05, 4.69) is 39.7 Å². The summed E-state index contributed by atoms with van der Waals surface area (Å²) in [6.07, 6.45) is 0. The maximum atomic E-state index is 5.42. The number of rotatable bonds is 5. The Morgan fingerprint density at radius 2 is 1.91 bits per heavy atom. The van der Waals surface area contributed by atoms with E-state index < -0.39 is 0 Å². The maximum absolute atomic E-state index is 5.42. The highest BCUT2D eigenvalue weighted by molar-refractivity contribution is 5.79. The van der Waals surface area contributed by atoms with Gasteiger partial charge in [-0.2, -0.15) is 0 Å². The van der Waals surface area contributed by atoms with Crippen molar-refractivity contribution < 1.29 is 4.74 Å². The Bertz CT molecular complexity index is 682. The highest BCUT2D eigenvalue weighted by Crippen LogP contribution is 2.19. The summed E-state index contributed by atoms with van der Waals surface area (Å²) in [4.78, 5) is 8.71. The van der Waals surface area contributed by atoms with Crippen molar-refractivity contribution in [2.75, 3.05) is 14.2 Å². The standard InChI is InChI=1S/C18H24N4O/c1-13-8-9-15(17(10-13)23-4)11-20-18(19-3)21-12-16-7-5-6-14(2)22-16/h5-10H,11-12H2,1-4H3,(H2,19,20,21). The molecule has 5 nitrogen and oxygen atoms in total. The second-order valence-corrected chi connectivity index (χ2v) is 5.36. The average molecular weight is 312 g/mol. The first-order chi connectivity index (χ1) is 11.1. The van der Waals surface area contributed by atoms with Gasteiger partial charge in [0.25, 0.3) is 0 Å². The lowest BCUT2D eigenvalue weighted by Crippen LogP contribution is -2.36. The van der Waals surface area contributed by atoms with Crippen LogP contribution in [0.2, 0.25) is 0 Å². The molecule has 0 amide bonds. The van der Waals surface area contributed by atoms with Crippen molar-refractivity contribution in [3.63, 3.8) is 0 Å². The summed E-state index contributed by atoms with van der Waals surface area (Å²) in [5.74, 6) is 1.62. The van der Waals surface area contributed by atoms with Crippen LogP contribution in [0.25, 0.3) is 0 Å². The molecular formula is C18H24N4O. The first kappa shape index (κ1) is 16.8. The van der Waals surface area contributed by atoms with Crippen LogP contribution in [0, 0.1) is 13.8 Å². The van der Waals surface area contributed by atoms with Gasteiger partial charge in [0.15, 0.2) is 5.96 Å². The summed E-state index contributed by atoms with van der Waals surface area (Å²) in [5, 5.41) is 6.56. The van der Waals surface area contributed by atoms with Crippen molar-refractivity contribution in [1.82, 2.24) is 15.6 Å². The molecule has 0 saturated heterocycles. The first-order valence-electron chi connectivity index (χ1n) is 7.63. The number of hydrogen-bond donors (Lipinski definition) is 2. The molecule has 2 rings (SSSR count). The van der Waals surface area contributed by atoms with Crippen LogP contribution in [0.1, 0.15) is 22.5 Å². The number of aromatic nitrogens is 1. The molecule has 1 aromatic heterocycles. The van der Waals surface area contributed by atoms with Crippen LogP contribution in [0.3, 0.4) is 0 Å². The lowest BCUT2D eigenvalue weighted by atomic mass is 10.1. The molecule has 0 atom stereocenters. The number of aryl methyl sites for hydroxylation is 2. The summed E-state index contributed by atoms with van der Waals surface area (Å²) in [6.45, 7) is 5.31. The van der Waals surface area contributed by atoms with Gasteiger partial charge in [0.1, 0.15) is 5.75 Å². The predicted molar refractivity (Wildman–Crippen MR) is 93.7 cm³/mol. The molecule has 122 valence electrons. The molecule has 0 fully saturated rings. The van der Waals surface area contributed by atoms with Gasteiger partial charge in [-0.3, -0.25) is 9.98 Å². The summed E-state index contributed by atoms with van der Waals surface area (Å²) in [7, 11) is 3.44. The Morgan fingerprint density at radius 3 is 2.61 bits per heavy atom. The van der Waals surface area contributed by atoms with Crippen LogP contribution in [0.15, 0.2) is 41.4 Å². The van der Waals surface area contributed by atoms with Gasteiger partial charge in [-0.25, -0.2) is 0 Å². The second-order valence-electron chi connectivity index (χ2n) is 5.36. The average Bonchev–Trinajstić information content (AvgIpc) is 2.56. The smallest absolute Gasteiger partial charge is 0.191 e. The number of nitrogens with one attached hydrogen (secondary N) is 2. The molecule has 0 aliphatic rings. The normalized spacial score (nSPS) is 11.2. The lowest BCUT2D eigenvalue weighted by Gasteiger charge is -2.14. The highest BCUT2D eigenvalue weighted by Gasteiger charge is 2.05. The molecule has 0 radical (unpaired) electrons. The minimum absolute atomic E-state index is 0.631. The number of benzene rings is 1. The second kappa shape index (κ2) is 8.17. The molecule has 0 spiro atoms. The molecule has 23 heavy (non-hydrogen) atoms. The number of methoxy groups -OCH3 is 1. The van der Waals surface area contributed by atoms with E-state index in [4.69, 9.17) is 4.74 Å². The first-order valence-corrected chi connectivity index (χ1v) is 7.63. The third-order valence-corrected chi connectivity index (χ3v) is 3.50. The van der Waals surface area contributed by atoms with Gasteiger partial charge in [-0.1, -0.05) is 18.2 Å². The van der Waals surface area contributed by atoms with Crippen molar-refractivity contribution in [3.05, 3.63) is 58.9 Å². The van der Waals surface area contributed by atoms with Gasteiger partial charge in [0.2, 0.25) is 0 Å². The van der Waals surface area contributed by atoms with Crippen molar-refractivity contribution in [2.45, 2.75) is 26.9 Å². The summed E-state index contributed by atoms with van der Waals surface area (Å²) < 4.78 is 5.42. The Balaban J connectivity index is 1.93. The van der Waals surface area contributed by atoms with E-state index in [0.29, 0.717) is 13.1 Å². The summed E-state index contributed by atoms with van der Waals surface area (Å²) >= 11 is 0. The third-order valence-electron chi connectivity index (χ3n) is 3.50. The van der Waals surface area contributed by atoms with E-state index in [1.54, 1.807) is 14.2 Å². The molecule has 5 heteroatoms. The van der Waals surface area contributed by atoms with E-state index >= 15 is 0 Å². The molecule has 2 aromatic rings. The molecule has 0 aliphatic heterocycles. The zero-order valence-electron chi connectivity index (χ0n) is 14.2. The van der Waals surface area contributed by atoms with Crippen LogP contribution in [0.4, 0.5) is 0 Å². The minimum atomic E-state index is 0.631. The lowest BCUT2D eigenvalue weighted by molar-refractivity contribution is 0.408. The van der Waals surface area contributed by atoms with Crippen molar-refractivity contribution in [2.24, 2.45) is 4.99 Å². The Labute approximate surface area is 137 Å². The molecule has 0 unspecified atom stereocenters. The van der Waals surface area contributed by atoms with Gasteiger partial charge >= 0.3 is 0 Å². The van der Waals surface area contributed by atoms with E-state index in [1.165, 1.54) is 5.56 Å². The number of pyridine rings is 1. The number of ether oxygens (including phenoxy) is 1. The van der Waals surface area contributed by atoms with E-state index in [1.807, 2.05) is 31.2 Å². The monoisotopic (exact) mass is 312 g/mol. The predicted octanol–water partition coefficient (Wildman–Crippen LogP) is 2.57. The van der Waals surface area contributed by atoms with Gasteiger partial charge in [0, 0.05) is 24.8 Å². The van der Waals surface area contributed by atoms with Crippen molar-refractivity contribution in [1.29, 1.82) is 0 Å². The van der Waals surface area contributed by atoms with Gasteiger partial charge < -0.3 is 15.4 Å². The Hall–Kier alpha value is -2.56. The zero-order chi connectivity index (χ0) is 16.7. The van der Waals surface area contributed by atoms with Gasteiger partial charge in [-0.05, 0) is 37.6 Å². The number of guanidine groups is 1. The largest absolute Gasteiger partial charge is 0.496 e. The number of hydrogen-bond acceptors (Lipinski definition) is 3. The number of nitrogens with zero attached hydrogens (tertiary/aromatic N) is 2. The number of aliphatic imine (C=N–C) groups is 1.